The van der Waals surface area contributed by atoms with Crippen LogP contribution in [0.5, 0.6) is 5.75 Å². The number of fused-ring (bicyclic) bond motifs is 1. The molecule has 1 heterocycles. The Balaban J connectivity index is 1.31. The fraction of sp³-hybridized carbons (Fsp3) is 0.320. The first-order valence-corrected chi connectivity index (χ1v) is 11.5. The average molecular weight is 481 g/mol. The van der Waals surface area contributed by atoms with Crippen molar-refractivity contribution in [1.82, 2.24) is 14.9 Å². The molecule has 4 rings (SSSR count). The zero-order valence-electron chi connectivity index (χ0n) is 18.9. The summed E-state index contributed by atoms with van der Waals surface area (Å²) in [5.74, 6) is 1.08. The Kier molecular flexibility index (Phi) is 7.46. The summed E-state index contributed by atoms with van der Waals surface area (Å²) in [6.45, 7) is 2.53. The normalized spacial score (nSPS) is 14.6. The maximum absolute atomic E-state index is 13.3. The topological polar surface area (TPSA) is 100 Å². The van der Waals surface area contributed by atoms with E-state index in [1.165, 1.54) is 12.1 Å². The van der Waals surface area contributed by atoms with E-state index in [4.69, 9.17) is 22.1 Å². The van der Waals surface area contributed by atoms with Gasteiger partial charge in [0.25, 0.3) is 0 Å². The average Bonchev–Trinajstić information content (AvgIpc) is 3.23. The van der Waals surface area contributed by atoms with Gasteiger partial charge < -0.3 is 20.7 Å². The quantitative estimate of drug-likeness (QED) is 0.349. The third-order valence-electron chi connectivity index (χ3n) is 5.94. The molecule has 0 spiro atoms. The standard InChI is InChI=1S/C25H26ClFN6O/c1-33(12-13-34-22-14-19(29)7-4-17(22)15-28)11-10-30-24-21-9-8-20(23(21)31-25(26)32-24)16-2-5-18(27)6-3-16/h2-7,14,20H,8-13,29H2,1H3,(H,30,31,32). The first kappa shape index (κ1) is 23.7. The van der Waals surface area contributed by atoms with Crippen molar-refractivity contribution in [2.24, 2.45) is 0 Å². The number of likely N-dealkylation sites (N-methyl/N-ethyl adjacent to an activating group) is 1. The fourth-order valence-corrected chi connectivity index (χ4v) is 4.31. The second-order valence-electron chi connectivity index (χ2n) is 8.29. The minimum Gasteiger partial charge on any atom is -0.491 e. The molecular formula is C25H26ClFN6O. The van der Waals surface area contributed by atoms with Crippen LogP contribution < -0.4 is 15.8 Å². The van der Waals surface area contributed by atoms with Gasteiger partial charge >= 0.3 is 0 Å². The van der Waals surface area contributed by atoms with Gasteiger partial charge in [0.05, 0.1) is 11.3 Å². The third kappa shape index (κ3) is 5.56. The molecule has 1 atom stereocenters. The maximum atomic E-state index is 13.3. The lowest BCUT2D eigenvalue weighted by Gasteiger charge is -2.19. The predicted octanol–water partition coefficient (Wildman–Crippen LogP) is 4.22. The molecule has 0 radical (unpaired) electrons. The fourth-order valence-electron chi connectivity index (χ4n) is 4.14. The molecule has 1 aliphatic rings. The van der Waals surface area contributed by atoms with Crippen LogP contribution in [0.3, 0.4) is 0 Å². The van der Waals surface area contributed by atoms with Crippen molar-refractivity contribution in [1.29, 1.82) is 5.26 Å². The van der Waals surface area contributed by atoms with Gasteiger partial charge in [0, 0.05) is 42.9 Å². The number of nitrogens with zero attached hydrogens (tertiary/aromatic N) is 4. The summed E-state index contributed by atoms with van der Waals surface area (Å²) >= 11 is 6.23. The van der Waals surface area contributed by atoms with Crippen LogP contribution in [0.2, 0.25) is 5.28 Å². The van der Waals surface area contributed by atoms with E-state index < -0.39 is 0 Å². The Bertz CT molecular complexity index is 1200. The van der Waals surface area contributed by atoms with Gasteiger partial charge in [-0.1, -0.05) is 12.1 Å². The van der Waals surface area contributed by atoms with E-state index in [9.17, 15) is 9.65 Å². The van der Waals surface area contributed by atoms with E-state index in [0.717, 1.165) is 42.0 Å². The first-order valence-electron chi connectivity index (χ1n) is 11.1. The zero-order valence-corrected chi connectivity index (χ0v) is 19.6. The highest BCUT2D eigenvalue weighted by Gasteiger charge is 2.29. The van der Waals surface area contributed by atoms with E-state index in [-0.39, 0.29) is 17.0 Å². The number of hydrogen-bond acceptors (Lipinski definition) is 7. The minimum atomic E-state index is -0.252. The highest BCUT2D eigenvalue weighted by atomic mass is 35.5. The Hall–Kier alpha value is -3.41. The number of nitriles is 1. The van der Waals surface area contributed by atoms with Crippen molar-refractivity contribution in [3.8, 4) is 11.8 Å². The number of ether oxygens (including phenoxy) is 1. The Morgan fingerprint density at radius 2 is 2.03 bits per heavy atom. The van der Waals surface area contributed by atoms with Gasteiger partial charge in [-0.2, -0.15) is 5.26 Å². The van der Waals surface area contributed by atoms with Gasteiger partial charge in [0.2, 0.25) is 5.28 Å². The molecule has 0 bridgehead atoms. The molecule has 1 aromatic heterocycles. The second-order valence-corrected chi connectivity index (χ2v) is 8.63. The number of rotatable bonds is 9. The smallest absolute Gasteiger partial charge is 0.224 e. The minimum absolute atomic E-state index is 0.0850. The number of nitrogens with one attached hydrogen (secondary N) is 1. The van der Waals surface area contributed by atoms with Crippen LogP contribution in [0.25, 0.3) is 0 Å². The van der Waals surface area contributed by atoms with Gasteiger partial charge in [-0.25, -0.2) is 14.4 Å². The number of benzene rings is 2. The molecule has 0 fully saturated rings. The molecule has 0 saturated heterocycles. The molecule has 0 aliphatic heterocycles. The van der Waals surface area contributed by atoms with Crippen LogP contribution in [0, 0.1) is 17.1 Å². The lowest BCUT2D eigenvalue weighted by Crippen LogP contribution is -2.29. The number of hydrogen-bond donors (Lipinski definition) is 2. The summed E-state index contributed by atoms with van der Waals surface area (Å²) in [4.78, 5) is 11.0. The molecule has 1 unspecified atom stereocenters. The lowest BCUT2D eigenvalue weighted by atomic mass is 9.97. The largest absolute Gasteiger partial charge is 0.491 e. The molecule has 9 heteroatoms. The van der Waals surface area contributed by atoms with Gasteiger partial charge in [-0.3, -0.25) is 0 Å². The van der Waals surface area contributed by atoms with Crippen molar-refractivity contribution in [2.45, 2.75) is 18.8 Å². The third-order valence-corrected chi connectivity index (χ3v) is 6.11. The summed E-state index contributed by atoms with van der Waals surface area (Å²) in [5.41, 5.74) is 9.81. The molecule has 0 saturated carbocycles. The van der Waals surface area contributed by atoms with Crippen LogP contribution in [-0.4, -0.2) is 48.2 Å². The number of nitrogen functional groups attached to an aromatic ring is 1. The Morgan fingerprint density at radius 3 is 2.79 bits per heavy atom. The van der Waals surface area contributed by atoms with Crippen LogP contribution in [-0.2, 0) is 6.42 Å². The van der Waals surface area contributed by atoms with Gasteiger partial charge in [-0.15, -0.1) is 0 Å². The molecule has 176 valence electrons. The molecule has 1 aliphatic carbocycles. The van der Waals surface area contributed by atoms with E-state index in [1.807, 2.05) is 7.05 Å². The lowest BCUT2D eigenvalue weighted by molar-refractivity contribution is 0.241. The highest BCUT2D eigenvalue weighted by molar-refractivity contribution is 6.28. The Labute approximate surface area is 203 Å². The van der Waals surface area contributed by atoms with Crippen molar-refractivity contribution in [2.75, 3.05) is 44.3 Å². The van der Waals surface area contributed by atoms with Gasteiger partial charge in [0.15, 0.2) is 0 Å². The van der Waals surface area contributed by atoms with Gasteiger partial charge in [-0.05, 0) is 61.3 Å². The van der Waals surface area contributed by atoms with Crippen LogP contribution in [0.15, 0.2) is 42.5 Å². The molecule has 7 nitrogen and oxygen atoms in total. The van der Waals surface area contributed by atoms with E-state index in [2.05, 4.69) is 26.3 Å². The van der Waals surface area contributed by atoms with Crippen LogP contribution in [0.4, 0.5) is 15.9 Å². The molecule has 3 N–H and O–H groups in total. The van der Waals surface area contributed by atoms with Crippen LogP contribution >= 0.6 is 11.6 Å². The number of nitrogens with two attached hydrogens (primary N) is 1. The van der Waals surface area contributed by atoms with Gasteiger partial charge in [0.1, 0.15) is 30.1 Å². The summed E-state index contributed by atoms with van der Waals surface area (Å²) < 4.78 is 19.1. The summed E-state index contributed by atoms with van der Waals surface area (Å²) in [7, 11) is 2.00. The monoisotopic (exact) mass is 480 g/mol. The summed E-state index contributed by atoms with van der Waals surface area (Å²) in [5, 5.41) is 12.8. The highest BCUT2D eigenvalue weighted by Crippen LogP contribution is 2.40. The number of aromatic nitrogens is 2. The van der Waals surface area contributed by atoms with Crippen LogP contribution in [0.1, 0.15) is 34.7 Å². The van der Waals surface area contributed by atoms with E-state index >= 15 is 0 Å². The van der Waals surface area contributed by atoms with Crippen molar-refractivity contribution >= 4 is 23.1 Å². The molecule has 34 heavy (non-hydrogen) atoms. The molecule has 2 aromatic carbocycles. The first-order chi connectivity index (χ1) is 16.4. The maximum Gasteiger partial charge on any atom is 0.224 e. The van der Waals surface area contributed by atoms with E-state index in [0.29, 0.717) is 36.7 Å². The zero-order chi connectivity index (χ0) is 24.1. The summed E-state index contributed by atoms with van der Waals surface area (Å²) in [6.07, 6.45) is 1.72. The van der Waals surface area contributed by atoms with Crippen molar-refractivity contribution < 1.29 is 9.13 Å². The molecule has 0 amide bonds. The summed E-state index contributed by atoms with van der Waals surface area (Å²) in [6, 6.07) is 13.7. The molecule has 3 aromatic rings. The Morgan fingerprint density at radius 1 is 1.24 bits per heavy atom. The molecular weight excluding hydrogens is 455 g/mol. The second kappa shape index (κ2) is 10.7. The number of anilines is 2. The number of halogens is 2. The van der Waals surface area contributed by atoms with Crippen molar-refractivity contribution in [3.05, 3.63) is 75.9 Å². The SMILES string of the molecule is CN(CCNc1nc(Cl)nc2c1CCC2c1ccc(F)cc1)CCOc1cc(N)ccc1C#N. The van der Waals surface area contributed by atoms with E-state index in [1.54, 1.807) is 30.3 Å². The van der Waals surface area contributed by atoms with Crippen molar-refractivity contribution in [3.63, 3.8) is 0 Å². The predicted molar refractivity (Wildman–Crippen MR) is 131 cm³/mol.